The molecule has 0 saturated heterocycles. The number of aromatic nitrogens is 1. The molecule has 0 bridgehead atoms. The number of aliphatic carboxylic acids is 1. The third-order valence-electron chi connectivity index (χ3n) is 4.69. The molecule has 1 aromatic carbocycles. The van der Waals surface area contributed by atoms with Gasteiger partial charge in [-0.25, -0.2) is 4.79 Å². The predicted octanol–water partition coefficient (Wildman–Crippen LogP) is 1.81. The Bertz CT molecular complexity index is 840. The van der Waals surface area contributed by atoms with Crippen LogP contribution in [0.3, 0.4) is 0 Å². The van der Waals surface area contributed by atoms with Gasteiger partial charge in [0.1, 0.15) is 6.04 Å². The first-order chi connectivity index (χ1) is 13.3. The average Bonchev–Trinajstić information content (AvgIpc) is 3.01. The first-order valence-corrected chi connectivity index (χ1v) is 9.31. The maximum absolute atomic E-state index is 12.7. The molecule has 7 heteroatoms. The van der Waals surface area contributed by atoms with E-state index in [1.54, 1.807) is 35.9 Å². The molecule has 2 aromatic rings. The number of amides is 1. The number of ketones is 1. The number of nitrogens with one attached hydrogen (secondary N) is 1. The van der Waals surface area contributed by atoms with Crippen LogP contribution in [0.2, 0.25) is 0 Å². The van der Waals surface area contributed by atoms with E-state index in [1.807, 2.05) is 19.1 Å². The van der Waals surface area contributed by atoms with Gasteiger partial charge in [0.2, 0.25) is 11.7 Å². The number of nitrogens with two attached hydrogens (primary N) is 1. The Labute approximate surface area is 164 Å². The van der Waals surface area contributed by atoms with Gasteiger partial charge in [0.15, 0.2) is 0 Å². The van der Waals surface area contributed by atoms with E-state index in [2.05, 4.69) is 5.32 Å². The van der Waals surface area contributed by atoms with E-state index in [-0.39, 0.29) is 12.2 Å². The smallest absolute Gasteiger partial charge is 0.326 e. The maximum Gasteiger partial charge on any atom is 0.326 e. The fourth-order valence-electron chi connectivity index (χ4n) is 2.97. The molecule has 1 aromatic heterocycles. The lowest BCUT2D eigenvalue weighted by Gasteiger charge is -2.15. The Morgan fingerprint density at radius 2 is 1.79 bits per heavy atom. The molecule has 4 N–H and O–H groups in total. The molecular formula is C21H27N3O4. The van der Waals surface area contributed by atoms with Crippen LogP contribution >= 0.6 is 0 Å². The number of hydrogen-bond donors (Lipinski definition) is 3. The van der Waals surface area contributed by atoms with Crippen molar-refractivity contribution in [2.75, 3.05) is 6.54 Å². The fourth-order valence-corrected chi connectivity index (χ4v) is 2.97. The van der Waals surface area contributed by atoms with Crippen LogP contribution in [0.25, 0.3) is 0 Å². The Balaban J connectivity index is 2.04. The zero-order valence-corrected chi connectivity index (χ0v) is 16.3. The van der Waals surface area contributed by atoms with Crippen molar-refractivity contribution in [2.24, 2.45) is 12.8 Å². The van der Waals surface area contributed by atoms with Gasteiger partial charge in [-0.3, -0.25) is 9.59 Å². The lowest BCUT2D eigenvalue weighted by atomic mass is 10.1. The molecule has 0 aliphatic rings. The Morgan fingerprint density at radius 3 is 2.39 bits per heavy atom. The van der Waals surface area contributed by atoms with Gasteiger partial charge < -0.3 is 20.7 Å². The lowest BCUT2D eigenvalue weighted by molar-refractivity contribution is -0.142. The summed E-state index contributed by atoms with van der Waals surface area (Å²) < 4.78 is 1.67. The summed E-state index contributed by atoms with van der Waals surface area (Å²) in [6.45, 7) is 2.44. The maximum atomic E-state index is 12.7. The van der Waals surface area contributed by atoms with Gasteiger partial charge in [-0.15, -0.1) is 0 Å². The third kappa shape index (κ3) is 5.53. The molecule has 2 rings (SSSR count). The number of carboxylic acids is 1. The van der Waals surface area contributed by atoms with Crippen molar-refractivity contribution in [1.29, 1.82) is 0 Å². The average molecular weight is 385 g/mol. The van der Waals surface area contributed by atoms with Crippen LogP contribution in [0.4, 0.5) is 0 Å². The van der Waals surface area contributed by atoms with Crippen LogP contribution in [-0.4, -0.2) is 39.9 Å². The molecule has 1 atom stereocenters. The van der Waals surface area contributed by atoms with Gasteiger partial charge in [-0.1, -0.05) is 29.8 Å². The molecule has 0 aliphatic heterocycles. The summed E-state index contributed by atoms with van der Waals surface area (Å²) in [4.78, 5) is 36.3. The number of nitrogens with zero attached hydrogens (tertiary/aromatic N) is 1. The SMILES string of the molecule is Cc1ccc(C(=O)c2ccc(CC(=O)N[C@@H](CCCCN)C(=O)O)n2C)cc1. The number of carbonyl (C=O) groups excluding carboxylic acids is 2. The van der Waals surface area contributed by atoms with Crippen LogP contribution < -0.4 is 11.1 Å². The summed E-state index contributed by atoms with van der Waals surface area (Å²) in [6.07, 6.45) is 1.68. The van der Waals surface area contributed by atoms with Gasteiger partial charge in [0.05, 0.1) is 12.1 Å². The van der Waals surface area contributed by atoms with Gasteiger partial charge in [0, 0.05) is 18.3 Å². The van der Waals surface area contributed by atoms with Crippen molar-refractivity contribution < 1.29 is 19.5 Å². The molecule has 0 unspecified atom stereocenters. The minimum atomic E-state index is -1.06. The van der Waals surface area contributed by atoms with E-state index in [0.29, 0.717) is 42.8 Å². The van der Waals surface area contributed by atoms with Crippen molar-refractivity contribution in [3.05, 3.63) is 58.9 Å². The monoisotopic (exact) mass is 385 g/mol. The second kappa shape index (κ2) is 9.85. The first-order valence-electron chi connectivity index (χ1n) is 9.31. The van der Waals surface area contributed by atoms with Crippen LogP contribution in [0.1, 0.15) is 46.6 Å². The van der Waals surface area contributed by atoms with Crippen LogP contribution in [-0.2, 0) is 23.1 Å². The quantitative estimate of drug-likeness (QED) is 0.426. The first kappa shape index (κ1) is 21.4. The van der Waals surface area contributed by atoms with Crippen LogP contribution in [0.5, 0.6) is 0 Å². The van der Waals surface area contributed by atoms with Gasteiger partial charge in [-0.05, 0) is 44.9 Å². The van der Waals surface area contributed by atoms with Gasteiger partial charge >= 0.3 is 5.97 Å². The number of carbonyl (C=O) groups is 3. The second-order valence-electron chi connectivity index (χ2n) is 6.88. The molecule has 1 amide bonds. The summed E-state index contributed by atoms with van der Waals surface area (Å²) in [5.74, 6) is -1.58. The van der Waals surface area contributed by atoms with Crippen molar-refractivity contribution >= 4 is 17.7 Å². The van der Waals surface area contributed by atoms with Crippen molar-refractivity contribution in [2.45, 2.75) is 38.6 Å². The highest BCUT2D eigenvalue weighted by Crippen LogP contribution is 2.15. The fraction of sp³-hybridized carbons (Fsp3) is 0.381. The molecular weight excluding hydrogens is 358 g/mol. The van der Waals surface area contributed by atoms with Gasteiger partial charge in [-0.2, -0.15) is 0 Å². The Hall–Kier alpha value is -2.93. The van der Waals surface area contributed by atoms with E-state index >= 15 is 0 Å². The molecule has 28 heavy (non-hydrogen) atoms. The summed E-state index contributed by atoms with van der Waals surface area (Å²) >= 11 is 0. The second-order valence-corrected chi connectivity index (χ2v) is 6.88. The highest BCUT2D eigenvalue weighted by atomic mass is 16.4. The minimum Gasteiger partial charge on any atom is -0.480 e. The van der Waals surface area contributed by atoms with E-state index in [1.165, 1.54) is 0 Å². The zero-order valence-electron chi connectivity index (χ0n) is 16.3. The predicted molar refractivity (Wildman–Crippen MR) is 106 cm³/mol. The van der Waals surface area contributed by atoms with E-state index < -0.39 is 17.9 Å². The number of benzene rings is 1. The number of aryl methyl sites for hydroxylation is 1. The summed E-state index contributed by atoms with van der Waals surface area (Å²) in [6, 6.07) is 9.76. The zero-order chi connectivity index (χ0) is 20.7. The molecule has 150 valence electrons. The molecule has 7 nitrogen and oxygen atoms in total. The number of rotatable bonds is 10. The molecule has 1 heterocycles. The molecule has 0 fully saturated rings. The summed E-state index contributed by atoms with van der Waals surface area (Å²) in [5, 5.41) is 11.8. The Morgan fingerprint density at radius 1 is 1.11 bits per heavy atom. The number of hydrogen-bond acceptors (Lipinski definition) is 4. The van der Waals surface area contributed by atoms with E-state index in [4.69, 9.17) is 5.73 Å². The standard InChI is InChI=1S/C21H27N3O4/c1-14-6-8-15(9-7-14)20(26)18-11-10-16(24(18)2)13-19(25)23-17(21(27)28)5-3-4-12-22/h6-11,17H,3-5,12-13,22H2,1-2H3,(H,23,25)(H,27,28)/t17-/m0/s1. The number of unbranched alkanes of at least 4 members (excludes halogenated alkanes) is 1. The van der Waals surface area contributed by atoms with Crippen LogP contribution in [0.15, 0.2) is 36.4 Å². The molecule has 0 aliphatic carbocycles. The number of carboxylic acid groups (broad SMARTS) is 1. The highest BCUT2D eigenvalue weighted by molar-refractivity contribution is 6.08. The Kier molecular flexibility index (Phi) is 7.52. The molecule has 0 spiro atoms. The van der Waals surface area contributed by atoms with E-state index in [9.17, 15) is 19.5 Å². The highest BCUT2D eigenvalue weighted by Gasteiger charge is 2.21. The van der Waals surface area contributed by atoms with Crippen LogP contribution in [0, 0.1) is 6.92 Å². The van der Waals surface area contributed by atoms with Crippen molar-refractivity contribution in [1.82, 2.24) is 9.88 Å². The summed E-state index contributed by atoms with van der Waals surface area (Å²) in [5.41, 5.74) is 8.18. The summed E-state index contributed by atoms with van der Waals surface area (Å²) in [7, 11) is 1.72. The molecule has 0 saturated carbocycles. The van der Waals surface area contributed by atoms with E-state index in [0.717, 1.165) is 5.56 Å². The topological polar surface area (TPSA) is 114 Å². The van der Waals surface area contributed by atoms with Crippen molar-refractivity contribution in [3.8, 4) is 0 Å². The molecule has 0 radical (unpaired) electrons. The van der Waals surface area contributed by atoms with Crippen molar-refractivity contribution in [3.63, 3.8) is 0 Å². The normalized spacial score (nSPS) is 11.8. The largest absolute Gasteiger partial charge is 0.480 e. The van der Waals surface area contributed by atoms with Gasteiger partial charge in [0.25, 0.3) is 0 Å². The minimum absolute atomic E-state index is 0.00164. The third-order valence-corrected chi connectivity index (χ3v) is 4.69. The lowest BCUT2D eigenvalue weighted by Crippen LogP contribution is -2.41.